The van der Waals surface area contributed by atoms with Crippen LogP contribution >= 0.6 is 0 Å². The number of hydrogen-bond donors (Lipinski definition) is 4. The molecule has 0 aliphatic carbocycles. The van der Waals surface area contributed by atoms with Crippen LogP contribution in [-0.2, 0) is 24.0 Å². The van der Waals surface area contributed by atoms with Gasteiger partial charge < -0.3 is 30.6 Å². The molecule has 0 aliphatic rings. The maximum atomic E-state index is 13.5. The van der Waals surface area contributed by atoms with Gasteiger partial charge in [-0.2, -0.15) is 0 Å². The number of carbonyl (C=O) groups is 5. The molecule has 214 valence electrons. The molecule has 3 rings (SSSR count). The number of amides is 3. The molecular weight excluding hydrogens is 528 g/mol. The van der Waals surface area contributed by atoms with Gasteiger partial charge >= 0.3 is 5.97 Å². The molecule has 41 heavy (non-hydrogen) atoms. The molecule has 0 aliphatic heterocycles. The van der Waals surface area contributed by atoms with Crippen molar-refractivity contribution in [2.75, 3.05) is 5.32 Å². The van der Waals surface area contributed by atoms with Crippen LogP contribution in [0.4, 0.5) is 5.69 Å². The summed E-state index contributed by atoms with van der Waals surface area (Å²) in [5.41, 5.74) is 0.779. The van der Waals surface area contributed by atoms with Gasteiger partial charge in [0, 0.05) is 29.7 Å². The van der Waals surface area contributed by atoms with Crippen LogP contribution in [0.1, 0.15) is 38.3 Å². The van der Waals surface area contributed by atoms with Gasteiger partial charge in [-0.3, -0.25) is 24.2 Å². The van der Waals surface area contributed by atoms with Gasteiger partial charge in [-0.05, 0) is 42.7 Å². The van der Waals surface area contributed by atoms with Crippen molar-refractivity contribution in [2.24, 2.45) is 11.8 Å². The van der Waals surface area contributed by atoms with Gasteiger partial charge in [0.2, 0.25) is 11.8 Å². The van der Waals surface area contributed by atoms with Gasteiger partial charge in [0.1, 0.15) is 29.7 Å². The van der Waals surface area contributed by atoms with E-state index < -0.39 is 48.1 Å². The summed E-state index contributed by atoms with van der Waals surface area (Å²) < 4.78 is 5.83. The number of aldehydes is 1. The normalized spacial score (nSPS) is 12.9. The summed E-state index contributed by atoms with van der Waals surface area (Å²) in [6.45, 7) is 3.61. The minimum absolute atomic E-state index is 0.0938. The summed E-state index contributed by atoms with van der Waals surface area (Å²) in [5, 5.41) is 16.7. The number of carbonyl (C=O) groups excluding carboxylic acids is 4. The molecule has 3 atom stereocenters. The van der Waals surface area contributed by atoms with Gasteiger partial charge in [-0.1, -0.05) is 44.2 Å². The summed E-state index contributed by atoms with van der Waals surface area (Å²) in [4.78, 5) is 66.2. The topological polar surface area (TPSA) is 164 Å². The highest BCUT2D eigenvalue weighted by Gasteiger charge is 2.33. The number of aliphatic carboxylic acids is 1. The Kier molecular flexibility index (Phi) is 11.1. The molecule has 3 aromatic rings. The monoisotopic (exact) mass is 560 g/mol. The number of benzene rings is 2. The fourth-order valence-corrected chi connectivity index (χ4v) is 3.98. The van der Waals surface area contributed by atoms with Crippen LogP contribution in [0.15, 0.2) is 79.1 Å². The van der Waals surface area contributed by atoms with Crippen LogP contribution in [0.2, 0.25) is 0 Å². The number of carboxylic acid groups (broad SMARTS) is 1. The summed E-state index contributed by atoms with van der Waals surface area (Å²) in [6.07, 6.45) is 2.71. The lowest BCUT2D eigenvalue weighted by atomic mass is 9.94. The molecule has 3 unspecified atom stereocenters. The highest BCUT2D eigenvalue weighted by molar-refractivity contribution is 6.04. The van der Waals surface area contributed by atoms with E-state index in [1.807, 2.05) is 18.2 Å². The molecule has 3 amide bonds. The summed E-state index contributed by atoms with van der Waals surface area (Å²) in [6, 6.07) is 16.5. The Bertz CT molecular complexity index is 1350. The molecule has 0 saturated carbocycles. The van der Waals surface area contributed by atoms with E-state index in [-0.39, 0.29) is 12.3 Å². The smallest absolute Gasteiger partial charge is 0.305 e. The minimum atomic E-state index is -1.30. The van der Waals surface area contributed by atoms with Crippen LogP contribution in [-0.4, -0.2) is 46.1 Å². The lowest BCUT2D eigenvalue weighted by Crippen LogP contribution is -2.48. The van der Waals surface area contributed by atoms with Crippen molar-refractivity contribution in [1.29, 1.82) is 0 Å². The Morgan fingerprint density at radius 1 is 0.902 bits per heavy atom. The fraction of sp³-hybridized carbons (Fsp3) is 0.267. The lowest BCUT2D eigenvalue weighted by Gasteiger charge is -2.24. The third-order valence-electron chi connectivity index (χ3n) is 5.87. The highest BCUT2D eigenvalue weighted by atomic mass is 16.5. The predicted octanol–water partition coefficient (Wildman–Crippen LogP) is 3.49. The van der Waals surface area contributed by atoms with Crippen LogP contribution in [0.25, 0.3) is 0 Å². The zero-order valence-electron chi connectivity index (χ0n) is 22.7. The second-order valence-corrected chi connectivity index (χ2v) is 9.69. The first-order chi connectivity index (χ1) is 19.7. The Labute approximate surface area is 237 Å². The SMILES string of the molecule is CC(C)CC(C(=O)NC(C=O)CC(=O)O)C(=O)NC(C(=O)Nc1cccc(Oc2ccccc2)c1)c1cccnc1. The minimum Gasteiger partial charge on any atom is -0.481 e. The van der Waals surface area contributed by atoms with Crippen LogP contribution in [0.3, 0.4) is 0 Å². The van der Waals surface area contributed by atoms with E-state index in [1.165, 1.54) is 12.4 Å². The first-order valence-electron chi connectivity index (χ1n) is 13.0. The van der Waals surface area contributed by atoms with Crippen molar-refractivity contribution < 1.29 is 33.8 Å². The van der Waals surface area contributed by atoms with Gasteiger partial charge in [-0.15, -0.1) is 0 Å². The van der Waals surface area contributed by atoms with E-state index in [1.54, 1.807) is 62.4 Å². The largest absolute Gasteiger partial charge is 0.481 e. The van der Waals surface area contributed by atoms with Crippen molar-refractivity contribution in [3.63, 3.8) is 0 Å². The third-order valence-corrected chi connectivity index (χ3v) is 5.87. The standard InChI is InChI=1S/C30H32N4O7/c1-19(2)14-25(28(38)33-22(18-35)16-26(36)37)29(39)34-27(20-8-7-13-31-17-20)30(40)32-21-9-6-12-24(15-21)41-23-10-4-3-5-11-23/h3-13,15,17-19,22,25,27H,14,16H2,1-2H3,(H,32,40)(H,33,38)(H,34,39)(H,36,37). The Balaban J connectivity index is 1.81. The van der Waals surface area contributed by atoms with Gasteiger partial charge in [-0.25, -0.2) is 0 Å². The molecule has 4 N–H and O–H groups in total. The van der Waals surface area contributed by atoms with Gasteiger partial charge in [0.05, 0.1) is 12.5 Å². The molecule has 0 spiro atoms. The molecule has 0 fully saturated rings. The van der Waals surface area contributed by atoms with Crippen molar-refractivity contribution in [3.05, 3.63) is 84.7 Å². The molecule has 0 saturated heterocycles. The lowest BCUT2D eigenvalue weighted by molar-refractivity contribution is -0.140. The van der Waals surface area contributed by atoms with E-state index in [0.717, 1.165) is 0 Å². The number of anilines is 1. The Morgan fingerprint density at radius 3 is 2.24 bits per heavy atom. The first kappa shape index (κ1) is 30.5. The van der Waals surface area contributed by atoms with E-state index in [4.69, 9.17) is 9.84 Å². The zero-order chi connectivity index (χ0) is 29.8. The number of hydrogen-bond acceptors (Lipinski definition) is 7. The molecule has 11 heteroatoms. The number of rotatable bonds is 14. The van der Waals surface area contributed by atoms with E-state index >= 15 is 0 Å². The molecule has 0 bridgehead atoms. The number of pyridine rings is 1. The second-order valence-electron chi connectivity index (χ2n) is 9.69. The molecule has 11 nitrogen and oxygen atoms in total. The molecule has 2 aromatic carbocycles. The summed E-state index contributed by atoms with van der Waals surface area (Å²) in [5.74, 6) is -3.75. The average molecular weight is 561 g/mol. The number of aromatic nitrogens is 1. The zero-order valence-corrected chi connectivity index (χ0v) is 22.7. The highest BCUT2D eigenvalue weighted by Crippen LogP contribution is 2.25. The van der Waals surface area contributed by atoms with Gasteiger partial charge in [0.15, 0.2) is 0 Å². The molecule has 1 aromatic heterocycles. The van der Waals surface area contributed by atoms with E-state index in [2.05, 4.69) is 20.9 Å². The summed E-state index contributed by atoms with van der Waals surface area (Å²) in [7, 11) is 0. The second kappa shape index (κ2) is 14.9. The quantitative estimate of drug-likeness (QED) is 0.172. The maximum Gasteiger partial charge on any atom is 0.305 e. The summed E-state index contributed by atoms with van der Waals surface area (Å²) >= 11 is 0. The predicted molar refractivity (Wildman–Crippen MR) is 150 cm³/mol. The number of nitrogens with zero attached hydrogens (tertiary/aromatic N) is 1. The Hall–Kier alpha value is -5.06. The van der Waals surface area contributed by atoms with Crippen molar-refractivity contribution in [3.8, 4) is 11.5 Å². The average Bonchev–Trinajstić information content (AvgIpc) is 2.94. The van der Waals surface area contributed by atoms with E-state index in [0.29, 0.717) is 29.0 Å². The van der Waals surface area contributed by atoms with Crippen LogP contribution in [0.5, 0.6) is 11.5 Å². The van der Waals surface area contributed by atoms with Crippen LogP contribution < -0.4 is 20.7 Å². The van der Waals surface area contributed by atoms with E-state index in [9.17, 15) is 24.0 Å². The fourth-order valence-electron chi connectivity index (χ4n) is 3.98. The first-order valence-corrected chi connectivity index (χ1v) is 13.0. The molecule has 0 radical (unpaired) electrons. The number of nitrogens with one attached hydrogen (secondary N) is 3. The number of ether oxygens (including phenoxy) is 1. The molecule has 1 heterocycles. The maximum absolute atomic E-state index is 13.5. The number of carboxylic acids is 1. The Morgan fingerprint density at radius 2 is 1.61 bits per heavy atom. The van der Waals surface area contributed by atoms with Crippen LogP contribution in [0, 0.1) is 11.8 Å². The van der Waals surface area contributed by atoms with Crippen molar-refractivity contribution in [1.82, 2.24) is 15.6 Å². The van der Waals surface area contributed by atoms with Crippen molar-refractivity contribution in [2.45, 2.75) is 38.8 Å². The third kappa shape index (κ3) is 9.57. The van der Waals surface area contributed by atoms with Crippen molar-refractivity contribution >= 4 is 35.7 Å². The van der Waals surface area contributed by atoms with Gasteiger partial charge in [0.25, 0.3) is 5.91 Å². The number of para-hydroxylation sites is 1. The molecular formula is C30H32N4O7.